The number of carbonyl (C=O) groups excluding carboxylic acids is 2. The average Bonchev–Trinajstić information content (AvgIpc) is 3.56. The van der Waals surface area contributed by atoms with Gasteiger partial charge in [0.2, 0.25) is 5.91 Å². The third-order valence-electron chi connectivity index (χ3n) is 6.21. The van der Waals surface area contributed by atoms with Crippen molar-refractivity contribution in [2.24, 2.45) is 0 Å². The molecule has 4 rings (SSSR count). The van der Waals surface area contributed by atoms with Crippen molar-refractivity contribution < 1.29 is 23.8 Å². The minimum Gasteiger partial charge on any atom is -0.497 e. The third-order valence-corrected chi connectivity index (χ3v) is 6.21. The fourth-order valence-corrected chi connectivity index (χ4v) is 4.31. The van der Waals surface area contributed by atoms with Crippen LogP contribution in [0.4, 0.5) is 0 Å². The van der Waals surface area contributed by atoms with Gasteiger partial charge in [0.1, 0.15) is 11.5 Å². The second-order valence-corrected chi connectivity index (χ2v) is 8.55. The number of likely N-dealkylation sites (tertiary alicyclic amines) is 1. The molecule has 2 atom stereocenters. The fourth-order valence-electron chi connectivity index (χ4n) is 4.31. The Hall–Kier alpha value is -3.92. The Morgan fingerprint density at radius 3 is 2.39 bits per heavy atom. The molecule has 1 N–H and O–H groups in total. The summed E-state index contributed by atoms with van der Waals surface area (Å²) in [6, 6.07) is 15.0. The molecule has 36 heavy (non-hydrogen) atoms. The van der Waals surface area contributed by atoms with Crippen LogP contribution < -0.4 is 14.8 Å². The quantitative estimate of drug-likeness (QED) is 0.430. The second-order valence-electron chi connectivity index (χ2n) is 8.55. The highest BCUT2D eigenvalue weighted by Crippen LogP contribution is 2.29. The molecule has 1 fully saturated rings. The molecule has 0 radical (unpaired) electrons. The number of carbonyl (C=O) groups is 2. The molecule has 1 amide bonds. The fraction of sp³-hybridized carbons (Fsp3) is 0.385. The first-order valence-electron chi connectivity index (χ1n) is 11.9. The minimum absolute atomic E-state index is 0.0624. The van der Waals surface area contributed by atoms with Gasteiger partial charge in [-0.25, -0.2) is 9.48 Å². The van der Waals surface area contributed by atoms with E-state index in [1.54, 1.807) is 18.0 Å². The lowest BCUT2D eigenvalue weighted by atomic mass is 10.1. The Balaban J connectivity index is 1.48. The van der Waals surface area contributed by atoms with Crippen LogP contribution in [-0.2, 0) is 22.6 Å². The monoisotopic (exact) mass is 493 g/mol. The van der Waals surface area contributed by atoms with Gasteiger partial charge >= 0.3 is 5.97 Å². The van der Waals surface area contributed by atoms with Crippen molar-refractivity contribution in [2.75, 3.05) is 27.4 Å². The Labute approximate surface area is 210 Å². The van der Waals surface area contributed by atoms with Gasteiger partial charge in [0.25, 0.3) is 0 Å². The molecular weight excluding hydrogens is 462 g/mol. The van der Waals surface area contributed by atoms with Crippen LogP contribution in [0.1, 0.15) is 41.0 Å². The molecular formula is C26H31N5O5. The number of aromatic nitrogens is 3. The zero-order valence-electron chi connectivity index (χ0n) is 20.7. The van der Waals surface area contributed by atoms with E-state index in [-0.39, 0.29) is 23.7 Å². The number of ether oxygens (including phenoxy) is 3. The van der Waals surface area contributed by atoms with Crippen LogP contribution in [0, 0.1) is 0 Å². The maximum absolute atomic E-state index is 13.3. The number of esters is 1. The van der Waals surface area contributed by atoms with Gasteiger partial charge in [-0.15, -0.1) is 5.10 Å². The number of nitrogens with zero attached hydrogens (tertiary/aromatic N) is 4. The summed E-state index contributed by atoms with van der Waals surface area (Å²) in [5.74, 6) is 0.975. The van der Waals surface area contributed by atoms with Gasteiger partial charge < -0.3 is 19.5 Å². The van der Waals surface area contributed by atoms with E-state index in [4.69, 9.17) is 14.2 Å². The molecule has 0 saturated carbocycles. The second kappa shape index (κ2) is 11.7. The molecule has 1 aliphatic heterocycles. The standard InChI is InChI=1S/C26H31N5O5/c1-4-36-22-11-7-19(8-12-22)15-30-16-20(31-17-23(28-29-31)26(33)35-3)13-24(30)25(32)27-14-18-5-9-21(34-2)10-6-18/h5-12,17,20,24H,4,13-16H2,1-3H3,(H,27,32)/t20-,24-/m0/s1. The van der Waals surface area contributed by atoms with Crippen LogP contribution in [0.15, 0.2) is 54.7 Å². The van der Waals surface area contributed by atoms with Gasteiger partial charge in [0, 0.05) is 19.6 Å². The van der Waals surface area contributed by atoms with Crippen molar-refractivity contribution in [3.63, 3.8) is 0 Å². The minimum atomic E-state index is -0.542. The molecule has 0 spiro atoms. The molecule has 10 nitrogen and oxygen atoms in total. The SMILES string of the molecule is CCOc1ccc(CN2C[C@@H](n3cc(C(=O)OC)nn3)C[C@H]2C(=O)NCc2ccc(OC)cc2)cc1. The lowest BCUT2D eigenvalue weighted by Gasteiger charge is -2.23. The van der Waals surface area contributed by atoms with Crippen molar-refractivity contribution in [1.29, 1.82) is 0 Å². The summed E-state index contributed by atoms with van der Waals surface area (Å²) in [4.78, 5) is 27.3. The number of rotatable bonds is 10. The largest absolute Gasteiger partial charge is 0.497 e. The number of amides is 1. The van der Waals surface area contributed by atoms with Gasteiger partial charge in [-0.2, -0.15) is 0 Å². The van der Waals surface area contributed by atoms with Gasteiger partial charge in [-0.3, -0.25) is 9.69 Å². The van der Waals surface area contributed by atoms with Crippen molar-refractivity contribution in [1.82, 2.24) is 25.2 Å². The lowest BCUT2D eigenvalue weighted by molar-refractivity contribution is -0.125. The summed E-state index contributed by atoms with van der Waals surface area (Å²) in [6.07, 6.45) is 2.11. The zero-order valence-corrected chi connectivity index (χ0v) is 20.7. The molecule has 2 heterocycles. The average molecular weight is 494 g/mol. The summed E-state index contributed by atoms with van der Waals surface area (Å²) >= 11 is 0. The van der Waals surface area contributed by atoms with Crippen LogP contribution >= 0.6 is 0 Å². The molecule has 0 aliphatic carbocycles. The predicted octanol–water partition coefficient (Wildman–Crippen LogP) is 2.60. The normalized spacial score (nSPS) is 17.5. The summed E-state index contributed by atoms with van der Waals surface area (Å²) in [6.45, 7) is 4.13. The van der Waals surface area contributed by atoms with Gasteiger partial charge in [-0.05, 0) is 48.7 Å². The highest BCUT2D eigenvalue weighted by molar-refractivity contribution is 5.86. The molecule has 1 aromatic heterocycles. The Morgan fingerprint density at radius 1 is 1.03 bits per heavy atom. The maximum atomic E-state index is 13.3. The van der Waals surface area contributed by atoms with Crippen molar-refractivity contribution in [3.05, 3.63) is 71.5 Å². The van der Waals surface area contributed by atoms with E-state index in [2.05, 4.69) is 20.5 Å². The summed E-state index contributed by atoms with van der Waals surface area (Å²) in [5.41, 5.74) is 2.19. The van der Waals surface area contributed by atoms with E-state index < -0.39 is 5.97 Å². The first-order valence-corrected chi connectivity index (χ1v) is 11.9. The number of nitrogens with one attached hydrogen (secondary N) is 1. The van der Waals surface area contributed by atoms with Crippen LogP contribution in [0.5, 0.6) is 11.5 Å². The Bertz CT molecular complexity index is 1160. The summed E-state index contributed by atoms with van der Waals surface area (Å²) < 4.78 is 17.1. The Morgan fingerprint density at radius 2 is 1.72 bits per heavy atom. The van der Waals surface area contributed by atoms with Crippen LogP contribution in [0.25, 0.3) is 0 Å². The summed E-state index contributed by atoms with van der Waals surface area (Å²) in [5, 5.41) is 11.1. The first-order chi connectivity index (χ1) is 17.5. The molecule has 190 valence electrons. The highest BCUT2D eigenvalue weighted by atomic mass is 16.5. The van der Waals surface area contributed by atoms with E-state index in [0.29, 0.717) is 32.7 Å². The van der Waals surface area contributed by atoms with E-state index in [1.807, 2.05) is 55.5 Å². The smallest absolute Gasteiger partial charge is 0.360 e. The van der Waals surface area contributed by atoms with Crippen molar-refractivity contribution in [2.45, 2.75) is 38.5 Å². The molecule has 10 heteroatoms. The van der Waals surface area contributed by atoms with Crippen LogP contribution in [0.2, 0.25) is 0 Å². The van der Waals surface area contributed by atoms with Gasteiger partial charge in [0.05, 0.1) is 39.1 Å². The summed E-state index contributed by atoms with van der Waals surface area (Å²) in [7, 11) is 2.92. The molecule has 1 saturated heterocycles. The zero-order chi connectivity index (χ0) is 25.5. The third kappa shape index (κ3) is 6.01. The van der Waals surface area contributed by atoms with Crippen molar-refractivity contribution in [3.8, 4) is 11.5 Å². The topological polar surface area (TPSA) is 108 Å². The van der Waals surface area contributed by atoms with Crippen molar-refractivity contribution >= 4 is 11.9 Å². The van der Waals surface area contributed by atoms with E-state index in [9.17, 15) is 9.59 Å². The van der Waals surface area contributed by atoms with E-state index in [1.165, 1.54) is 7.11 Å². The number of hydrogen-bond acceptors (Lipinski definition) is 8. The lowest BCUT2D eigenvalue weighted by Crippen LogP contribution is -2.42. The molecule has 1 aliphatic rings. The number of methoxy groups -OCH3 is 2. The molecule has 0 unspecified atom stereocenters. The first kappa shape index (κ1) is 25.2. The molecule has 2 aromatic carbocycles. The maximum Gasteiger partial charge on any atom is 0.360 e. The van der Waals surface area contributed by atoms with Gasteiger partial charge in [0.15, 0.2) is 5.69 Å². The van der Waals surface area contributed by atoms with E-state index in [0.717, 1.165) is 22.6 Å². The molecule has 3 aromatic rings. The highest BCUT2D eigenvalue weighted by Gasteiger charge is 2.38. The number of benzene rings is 2. The van der Waals surface area contributed by atoms with E-state index >= 15 is 0 Å². The number of hydrogen-bond donors (Lipinski definition) is 1. The van der Waals surface area contributed by atoms with Crippen LogP contribution in [-0.4, -0.2) is 65.2 Å². The molecule has 0 bridgehead atoms. The Kier molecular flexibility index (Phi) is 8.17. The van der Waals surface area contributed by atoms with Gasteiger partial charge in [-0.1, -0.05) is 29.5 Å². The predicted molar refractivity (Wildman–Crippen MR) is 132 cm³/mol. The van der Waals surface area contributed by atoms with Crippen LogP contribution in [0.3, 0.4) is 0 Å².